The second kappa shape index (κ2) is 5.61. The molecule has 2 aromatic rings. The fourth-order valence-electron chi connectivity index (χ4n) is 1.56. The molecule has 2 rings (SSSR count). The van der Waals surface area contributed by atoms with Crippen LogP contribution in [0.1, 0.15) is 10.8 Å². The standard InChI is InChI=1S/C14H15NS/c16-14(12-7-3-1-4-8-12)11-15-13-9-5-2-6-10-13/h1-10,14-16H,11H2. The SMILES string of the molecule is SC(CNc1ccccc1)c1ccccc1. The minimum Gasteiger partial charge on any atom is -0.384 e. The van der Waals surface area contributed by atoms with E-state index in [4.69, 9.17) is 0 Å². The van der Waals surface area contributed by atoms with Gasteiger partial charge in [0.05, 0.1) is 0 Å². The number of thiol groups is 1. The van der Waals surface area contributed by atoms with Crippen LogP contribution in [0.5, 0.6) is 0 Å². The van der Waals surface area contributed by atoms with E-state index in [0.29, 0.717) is 0 Å². The van der Waals surface area contributed by atoms with Gasteiger partial charge >= 0.3 is 0 Å². The van der Waals surface area contributed by atoms with Gasteiger partial charge in [-0.15, -0.1) is 0 Å². The molecule has 82 valence electrons. The molecule has 0 saturated carbocycles. The first kappa shape index (κ1) is 11.1. The lowest BCUT2D eigenvalue weighted by molar-refractivity contribution is 0.998. The molecule has 0 bridgehead atoms. The normalized spacial score (nSPS) is 12.1. The molecule has 0 fully saturated rings. The van der Waals surface area contributed by atoms with Gasteiger partial charge < -0.3 is 5.32 Å². The summed E-state index contributed by atoms with van der Waals surface area (Å²) < 4.78 is 0. The van der Waals surface area contributed by atoms with Crippen LogP contribution in [0.2, 0.25) is 0 Å². The van der Waals surface area contributed by atoms with Crippen molar-refractivity contribution in [3.05, 3.63) is 66.2 Å². The molecular formula is C14H15NS. The topological polar surface area (TPSA) is 12.0 Å². The highest BCUT2D eigenvalue weighted by Gasteiger charge is 2.04. The summed E-state index contributed by atoms with van der Waals surface area (Å²) >= 11 is 4.59. The van der Waals surface area contributed by atoms with Gasteiger partial charge in [-0.25, -0.2) is 0 Å². The molecular weight excluding hydrogens is 214 g/mol. The Morgan fingerprint density at radius 3 is 2.06 bits per heavy atom. The van der Waals surface area contributed by atoms with Crippen LogP contribution >= 0.6 is 12.6 Å². The van der Waals surface area contributed by atoms with Crippen molar-refractivity contribution in [3.8, 4) is 0 Å². The third kappa shape index (κ3) is 3.04. The van der Waals surface area contributed by atoms with Gasteiger partial charge in [-0.05, 0) is 17.7 Å². The number of hydrogen-bond donors (Lipinski definition) is 2. The molecule has 0 aromatic heterocycles. The third-order valence-corrected chi connectivity index (χ3v) is 2.94. The molecule has 0 spiro atoms. The summed E-state index contributed by atoms with van der Waals surface area (Å²) in [5.41, 5.74) is 2.38. The van der Waals surface area contributed by atoms with Crippen molar-refractivity contribution >= 4 is 18.3 Å². The predicted molar refractivity (Wildman–Crippen MR) is 73.1 cm³/mol. The van der Waals surface area contributed by atoms with E-state index in [1.165, 1.54) is 5.56 Å². The lowest BCUT2D eigenvalue weighted by atomic mass is 10.1. The Bertz CT molecular complexity index is 413. The average molecular weight is 229 g/mol. The Kier molecular flexibility index (Phi) is 3.89. The van der Waals surface area contributed by atoms with Gasteiger partial charge in [0.25, 0.3) is 0 Å². The fourth-order valence-corrected chi connectivity index (χ4v) is 1.83. The molecule has 0 heterocycles. The van der Waals surface area contributed by atoms with Crippen LogP contribution in [0.3, 0.4) is 0 Å². The number of benzene rings is 2. The highest BCUT2D eigenvalue weighted by molar-refractivity contribution is 7.80. The van der Waals surface area contributed by atoms with Gasteiger partial charge in [0, 0.05) is 17.5 Å². The summed E-state index contributed by atoms with van der Waals surface area (Å²) in [6.45, 7) is 0.830. The second-order valence-electron chi connectivity index (χ2n) is 3.67. The van der Waals surface area contributed by atoms with Crippen molar-refractivity contribution in [2.24, 2.45) is 0 Å². The molecule has 2 aromatic carbocycles. The van der Waals surface area contributed by atoms with Crippen molar-refractivity contribution in [1.29, 1.82) is 0 Å². The molecule has 2 heteroatoms. The minimum atomic E-state index is 0.224. The third-order valence-electron chi connectivity index (χ3n) is 2.46. The van der Waals surface area contributed by atoms with Gasteiger partial charge in [-0.2, -0.15) is 12.6 Å². The van der Waals surface area contributed by atoms with E-state index in [1.807, 2.05) is 36.4 Å². The largest absolute Gasteiger partial charge is 0.384 e. The molecule has 1 atom stereocenters. The molecule has 0 amide bonds. The van der Waals surface area contributed by atoms with Crippen LogP contribution in [-0.4, -0.2) is 6.54 Å². The molecule has 1 nitrogen and oxygen atoms in total. The fraction of sp³-hybridized carbons (Fsp3) is 0.143. The maximum Gasteiger partial charge on any atom is 0.0439 e. The Hall–Kier alpha value is -1.41. The van der Waals surface area contributed by atoms with Crippen LogP contribution in [0.15, 0.2) is 60.7 Å². The Morgan fingerprint density at radius 1 is 0.875 bits per heavy atom. The van der Waals surface area contributed by atoms with Crippen molar-refractivity contribution in [2.45, 2.75) is 5.25 Å². The van der Waals surface area contributed by atoms with Gasteiger partial charge in [-0.1, -0.05) is 48.5 Å². The van der Waals surface area contributed by atoms with Gasteiger partial charge in [0.1, 0.15) is 0 Å². The van der Waals surface area contributed by atoms with Crippen LogP contribution in [0, 0.1) is 0 Å². The monoisotopic (exact) mass is 229 g/mol. The molecule has 16 heavy (non-hydrogen) atoms. The van der Waals surface area contributed by atoms with E-state index >= 15 is 0 Å². The predicted octanol–water partition coefficient (Wildman–Crippen LogP) is 3.77. The summed E-state index contributed by atoms with van der Waals surface area (Å²) in [6.07, 6.45) is 0. The summed E-state index contributed by atoms with van der Waals surface area (Å²) in [6, 6.07) is 20.5. The van der Waals surface area contributed by atoms with Crippen molar-refractivity contribution in [3.63, 3.8) is 0 Å². The van der Waals surface area contributed by atoms with E-state index in [-0.39, 0.29) is 5.25 Å². The number of rotatable bonds is 4. The number of hydrogen-bond acceptors (Lipinski definition) is 2. The second-order valence-corrected chi connectivity index (χ2v) is 4.30. The lowest BCUT2D eigenvalue weighted by Crippen LogP contribution is -2.07. The van der Waals surface area contributed by atoms with Crippen molar-refractivity contribution in [1.82, 2.24) is 0 Å². The average Bonchev–Trinajstić information content (AvgIpc) is 2.38. The zero-order valence-electron chi connectivity index (χ0n) is 9.01. The molecule has 1 N–H and O–H groups in total. The van der Waals surface area contributed by atoms with Crippen LogP contribution in [-0.2, 0) is 0 Å². The van der Waals surface area contributed by atoms with Crippen molar-refractivity contribution in [2.75, 3.05) is 11.9 Å². The van der Waals surface area contributed by atoms with Crippen LogP contribution in [0.4, 0.5) is 5.69 Å². The van der Waals surface area contributed by atoms with Gasteiger partial charge in [-0.3, -0.25) is 0 Å². The number of para-hydroxylation sites is 1. The molecule has 0 radical (unpaired) electrons. The molecule has 1 unspecified atom stereocenters. The first-order valence-corrected chi connectivity index (χ1v) is 5.90. The van der Waals surface area contributed by atoms with Gasteiger partial charge in [0.2, 0.25) is 0 Å². The maximum absolute atomic E-state index is 4.59. The van der Waals surface area contributed by atoms with E-state index < -0.39 is 0 Å². The summed E-state index contributed by atoms with van der Waals surface area (Å²) in [5.74, 6) is 0. The Morgan fingerprint density at radius 2 is 1.44 bits per heavy atom. The first-order valence-electron chi connectivity index (χ1n) is 5.38. The molecule has 0 aliphatic carbocycles. The number of nitrogens with one attached hydrogen (secondary N) is 1. The van der Waals surface area contributed by atoms with Crippen LogP contribution in [0.25, 0.3) is 0 Å². The summed E-state index contributed by atoms with van der Waals surface area (Å²) in [5, 5.41) is 3.59. The highest BCUT2D eigenvalue weighted by atomic mass is 32.1. The van der Waals surface area contributed by atoms with E-state index in [9.17, 15) is 0 Å². The Labute approximate surface area is 102 Å². The molecule has 0 aliphatic rings. The van der Waals surface area contributed by atoms with E-state index in [0.717, 1.165) is 12.2 Å². The van der Waals surface area contributed by atoms with Crippen molar-refractivity contribution < 1.29 is 0 Å². The summed E-state index contributed by atoms with van der Waals surface area (Å²) in [4.78, 5) is 0. The quantitative estimate of drug-likeness (QED) is 0.760. The smallest absolute Gasteiger partial charge is 0.0439 e. The highest BCUT2D eigenvalue weighted by Crippen LogP contribution is 2.19. The Balaban J connectivity index is 1.92. The zero-order valence-corrected chi connectivity index (χ0v) is 9.90. The summed E-state index contributed by atoms with van der Waals surface area (Å²) in [7, 11) is 0. The lowest BCUT2D eigenvalue weighted by Gasteiger charge is -2.13. The zero-order chi connectivity index (χ0) is 11.2. The van der Waals surface area contributed by atoms with E-state index in [2.05, 4.69) is 42.2 Å². The maximum atomic E-state index is 4.59. The molecule has 0 aliphatic heterocycles. The van der Waals surface area contributed by atoms with E-state index in [1.54, 1.807) is 0 Å². The first-order chi connectivity index (χ1) is 7.86. The van der Waals surface area contributed by atoms with Gasteiger partial charge in [0.15, 0.2) is 0 Å². The minimum absolute atomic E-state index is 0.224. The molecule has 0 saturated heterocycles. The van der Waals surface area contributed by atoms with Crippen LogP contribution < -0.4 is 5.32 Å². The number of anilines is 1.